The summed E-state index contributed by atoms with van der Waals surface area (Å²) in [6, 6.07) is 59.2. The second kappa shape index (κ2) is 14.4. The lowest BCUT2D eigenvalue weighted by molar-refractivity contribution is 0.360. The van der Waals surface area contributed by atoms with Crippen LogP contribution >= 0.6 is 0 Å². The van der Waals surface area contributed by atoms with Gasteiger partial charge in [0.2, 0.25) is 0 Å². The van der Waals surface area contributed by atoms with E-state index in [-0.39, 0.29) is 17.1 Å². The van der Waals surface area contributed by atoms with Gasteiger partial charge >= 0.3 is 0 Å². The van der Waals surface area contributed by atoms with Crippen LogP contribution in [0.1, 0.15) is 41.7 Å². The van der Waals surface area contributed by atoms with Crippen LogP contribution in [-0.4, -0.2) is 11.7 Å². The normalized spacial score (nSPS) is 13.1. The van der Waals surface area contributed by atoms with E-state index in [1.807, 2.05) is 103 Å². The van der Waals surface area contributed by atoms with Gasteiger partial charge in [-0.25, -0.2) is 4.99 Å². The molecule has 0 radical (unpaired) electrons. The number of nitrogens with one attached hydrogen (secondary N) is 1. The zero-order valence-electron chi connectivity index (χ0n) is 32.1. The number of nitrogens with zero attached hydrogens (tertiary/aromatic N) is 1. The molecule has 5 heteroatoms. The molecule has 0 spiro atoms. The van der Waals surface area contributed by atoms with E-state index in [1.165, 1.54) is 22.3 Å². The Balaban J connectivity index is 0.000000548. The highest BCUT2D eigenvalue weighted by Gasteiger charge is 2.39. The van der Waals surface area contributed by atoms with Crippen molar-refractivity contribution in [3.63, 3.8) is 0 Å². The topological polar surface area (TPSA) is 80.7 Å². The van der Waals surface area contributed by atoms with Crippen LogP contribution in [0.4, 0.5) is 0 Å². The lowest BCUT2D eigenvalue weighted by atomic mass is 9.82. The molecule has 276 valence electrons. The molecule has 8 aromatic rings. The molecular weight excluding hydrogens is 699 g/mol. The Labute approximate surface area is 333 Å². The Hall–Kier alpha value is -7.24. The molecule has 0 saturated heterocycles. The van der Waals surface area contributed by atoms with E-state index >= 15 is 0 Å². The van der Waals surface area contributed by atoms with E-state index in [9.17, 15) is 0 Å². The predicted octanol–water partition coefficient (Wildman–Crippen LogP) is 13.1. The number of amidine groups is 2. The Kier molecular flexibility index (Phi) is 8.98. The zero-order valence-corrected chi connectivity index (χ0v) is 32.1. The molecule has 1 heterocycles. The summed E-state index contributed by atoms with van der Waals surface area (Å²) < 4.78 is 13.1. The molecule has 0 fully saturated rings. The van der Waals surface area contributed by atoms with Crippen LogP contribution < -0.4 is 15.2 Å². The summed E-state index contributed by atoms with van der Waals surface area (Å²) in [7, 11) is 0. The van der Waals surface area contributed by atoms with Crippen LogP contribution in [0.5, 0.6) is 23.0 Å². The summed E-state index contributed by atoms with van der Waals surface area (Å²) in [5.74, 6) is 3.07. The third-order valence-corrected chi connectivity index (χ3v) is 11.0. The van der Waals surface area contributed by atoms with Crippen molar-refractivity contribution in [2.24, 2.45) is 10.7 Å². The minimum Gasteiger partial charge on any atom is -0.449 e. The van der Waals surface area contributed by atoms with Gasteiger partial charge in [-0.3, -0.25) is 5.41 Å². The first-order chi connectivity index (χ1) is 27.8. The van der Waals surface area contributed by atoms with E-state index in [0.29, 0.717) is 22.8 Å². The number of hydrogen-bond donors (Lipinski definition) is 2. The number of benzene rings is 8. The molecule has 0 aromatic heterocycles. The molecule has 0 amide bonds. The maximum atomic E-state index is 9.14. The van der Waals surface area contributed by atoms with Gasteiger partial charge < -0.3 is 15.2 Å². The number of hydrogen-bond acceptors (Lipinski definition) is 3. The highest BCUT2D eigenvalue weighted by molar-refractivity contribution is 6.17. The maximum absolute atomic E-state index is 9.14. The van der Waals surface area contributed by atoms with Gasteiger partial charge in [0, 0.05) is 22.1 Å². The second-order valence-electron chi connectivity index (χ2n) is 15.0. The predicted molar refractivity (Wildman–Crippen MR) is 234 cm³/mol. The van der Waals surface area contributed by atoms with Crippen LogP contribution in [0, 0.1) is 12.3 Å². The Bertz CT molecular complexity index is 2860. The van der Waals surface area contributed by atoms with Crippen LogP contribution in [0.2, 0.25) is 0 Å². The fraction of sp³-hybridized carbons (Fsp3) is 0.0769. The molecule has 0 unspecified atom stereocenters. The maximum Gasteiger partial charge on any atom is 0.178 e. The van der Waals surface area contributed by atoms with Crippen molar-refractivity contribution in [3.05, 3.63) is 204 Å². The SMILES string of the molecule is CC1(C)c2ccccc2-c2c1ccc1c2Oc2cc(-c3ccccc3C(=N)N=C(N)c3ccc(-c4ccccc4)c4ccccc34)ccc2O1.Cc1ccccc1. The lowest BCUT2D eigenvalue weighted by Gasteiger charge is -2.25. The number of rotatable bonds is 4. The Morgan fingerprint density at radius 1 is 0.526 bits per heavy atom. The van der Waals surface area contributed by atoms with Gasteiger partial charge in [0.1, 0.15) is 5.84 Å². The first-order valence-electron chi connectivity index (χ1n) is 19.2. The van der Waals surface area contributed by atoms with E-state index in [1.54, 1.807) is 0 Å². The average molecular weight is 740 g/mol. The van der Waals surface area contributed by atoms with E-state index < -0.39 is 0 Å². The molecule has 57 heavy (non-hydrogen) atoms. The number of nitrogens with two attached hydrogens (primary N) is 1. The third-order valence-electron chi connectivity index (χ3n) is 11.0. The van der Waals surface area contributed by atoms with Gasteiger partial charge in [-0.15, -0.1) is 0 Å². The van der Waals surface area contributed by atoms with Crippen molar-refractivity contribution >= 4 is 22.4 Å². The number of aliphatic imine (C=N–C) groups is 1. The van der Waals surface area contributed by atoms with Crippen LogP contribution in [-0.2, 0) is 5.41 Å². The molecular formula is C52H41N3O2. The van der Waals surface area contributed by atoms with Crippen molar-refractivity contribution in [1.29, 1.82) is 5.41 Å². The zero-order chi connectivity index (χ0) is 39.1. The monoisotopic (exact) mass is 739 g/mol. The highest BCUT2D eigenvalue weighted by atomic mass is 16.6. The van der Waals surface area contributed by atoms with Crippen molar-refractivity contribution in [2.75, 3.05) is 0 Å². The highest BCUT2D eigenvalue weighted by Crippen LogP contribution is 2.58. The standard InChI is InChI=1S/C45H33N3O2.C7H8/c1-45(2)36-19-11-10-18-35(36)41-37(45)23-25-39-42(41)50-40-26-28(20-24-38(40)49-39)29-14-6-9-17-33(29)43(46)48-44(47)34-22-21-30(27-12-4-3-5-13-27)31-15-7-8-16-32(31)34;1-7-5-3-2-4-6-7/h3-26H,1-2H3,(H3,46,47,48);2-6H,1H3. The lowest BCUT2D eigenvalue weighted by Crippen LogP contribution is -2.17. The van der Waals surface area contributed by atoms with E-state index in [4.69, 9.17) is 20.6 Å². The van der Waals surface area contributed by atoms with Gasteiger partial charge in [-0.1, -0.05) is 177 Å². The molecule has 8 aromatic carbocycles. The van der Waals surface area contributed by atoms with E-state index in [2.05, 4.69) is 98.6 Å². The Morgan fingerprint density at radius 2 is 1.18 bits per heavy atom. The second-order valence-corrected chi connectivity index (χ2v) is 15.0. The summed E-state index contributed by atoms with van der Waals surface area (Å²) in [4.78, 5) is 4.67. The first-order valence-corrected chi connectivity index (χ1v) is 19.2. The molecule has 1 aliphatic carbocycles. The van der Waals surface area contributed by atoms with Crippen LogP contribution in [0.25, 0.3) is 44.2 Å². The van der Waals surface area contributed by atoms with Gasteiger partial charge in [-0.05, 0) is 74.8 Å². The van der Waals surface area contributed by atoms with Gasteiger partial charge in [0.15, 0.2) is 28.8 Å². The van der Waals surface area contributed by atoms with Crippen molar-refractivity contribution < 1.29 is 9.47 Å². The molecule has 0 saturated carbocycles. The molecule has 2 aliphatic rings. The number of fused-ring (bicyclic) bond motifs is 7. The van der Waals surface area contributed by atoms with Crippen LogP contribution in [0.3, 0.4) is 0 Å². The smallest absolute Gasteiger partial charge is 0.178 e. The molecule has 0 bridgehead atoms. The molecule has 0 atom stereocenters. The number of aryl methyl sites for hydroxylation is 1. The van der Waals surface area contributed by atoms with Gasteiger partial charge in [0.05, 0.1) is 0 Å². The fourth-order valence-electron chi connectivity index (χ4n) is 8.10. The van der Waals surface area contributed by atoms with Crippen molar-refractivity contribution in [3.8, 4) is 56.4 Å². The minimum atomic E-state index is -0.148. The summed E-state index contributed by atoms with van der Waals surface area (Å²) in [6.45, 7) is 6.59. The summed E-state index contributed by atoms with van der Waals surface area (Å²) in [5.41, 5.74) is 18.0. The van der Waals surface area contributed by atoms with Gasteiger partial charge in [0.25, 0.3) is 0 Å². The summed E-state index contributed by atoms with van der Waals surface area (Å²) in [5, 5.41) is 11.2. The van der Waals surface area contributed by atoms with E-state index in [0.717, 1.165) is 49.9 Å². The molecule has 1 aliphatic heterocycles. The molecule has 5 nitrogen and oxygen atoms in total. The first kappa shape index (κ1) is 35.5. The van der Waals surface area contributed by atoms with Crippen LogP contribution in [0.15, 0.2) is 181 Å². The average Bonchev–Trinajstić information content (AvgIpc) is 3.49. The largest absolute Gasteiger partial charge is 0.449 e. The van der Waals surface area contributed by atoms with Crippen molar-refractivity contribution in [1.82, 2.24) is 0 Å². The summed E-state index contributed by atoms with van der Waals surface area (Å²) >= 11 is 0. The van der Waals surface area contributed by atoms with Crippen molar-refractivity contribution in [2.45, 2.75) is 26.2 Å². The third kappa shape index (κ3) is 6.43. The quantitative estimate of drug-likeness (QED) is 0.139. The fourth-order valence-corrected chi connectivity index (χ4v) is 8.10. The Morgan fingerprint density at radius 3 is 1.93 bits per heavy atom. The molecule has 3 N–H and O–H groups in total. The van der Waals surface area contributed by atoms with Gasteiger partial charge in [-0.2, -0.15) is 0 Å². The minimum absolute atomic E-state index is 0.0752. The molecule has 10 rings (SSSR count). The summed E-state index contributed by atoms with van der Waals surface area (Å²) in [6.07, 6.45) is 0. The number of ether oxygens (including phenoxy) is 2.